The predicted molar refractivity (Wildman–Crippen MR) is 76.2 cm³/mol. The minimum absolute atomic E-state index is 0.105. The van der Waals surface area contributed by atoms with E-state index in [1.807, 2.05) is 42.5 Å². The molecule has 0 spiro atoms. The number of pyridine rings is 1. The van der Waals surface area contributed by atoms with E-state index in [-0.39, 0.29) is 19.1 Å². The lowest BCUT2D eigenvalue weighted by molar-refractivity contribution is 0.191. The van der Waals surface area contributed by atoms with Crippen LogP contribution in [-0.4, -0.2) is 28.4 Å². The first-order valence-corrected chi connectivity index (χ1v) is 6.34. The Hall–Kier alpha value is -1.97. The minimum atomic E-state index is -0.338. The van der Waals surface area contributed by atoms with E-state index in [0.29, 0.717) is 0 Å². The van der Waals surface area contributed by atoms with E-state index in [9.17, 15) is 10.2 Å². The maximum Gasteiger partial charge on any atom is 0.0711 e. The van der Waals surface area contributed by atoms with Gasteiger partial charge in [-0.15, -0.1) is 0 Å². The Bertz CT molecular complexity index is 720. The van der Waals surface area contributed by atoms with Crippen molar-refractivity contribution in [2.24, 2.45) is 0 Å². The van der Waals surface area contributed by atoms with E-state index in [0.717, 1.165) is 27.4 Å². The lowest BCUT2D eigenvalue weighted by atomic mass is 9.97. The van der Waals surface area contributed by atoms with Gasteiger partial charge in [-0.25, -0.2) is 0 Å². The van der Waals surface area contributed by atoms with Crippen molar-refractivity contribution in [2.75, 3.05) is 13.2 Å². The highest BCUT2D eigenvalue weighted by atomic mass is 16.3. The zero-order valence-corrected chi connectivity index (χ0v) is 10.5. The Labute approximate surface area is 111 Å². The quantitative estimate of drug-likeness (QED) is 0.705. The molecule has 0 saturated carbocycles. The Morgan fingerprint density at radius 3 is 2.05 bits per heavy atom. The highest BCUT2D eigenvalue weighted by molar-refractivity contribution is 6.06. The van der Waals surface area contributed by atoms with Crippen LogP contribution in [0.3, 0.4) is 0 Å². The third kappa shape index (κ3) is 1.97. The number of hydrogen-bond acceptors (Lipinski definition) is 3. The summed E-state index contributed by atoms with van der Waals surface area (Å²) in [6.45, 7) is -0.211. The second-order valence-electron chi connectivity index (χ2n) is 4.62. The number of para-hydroxylation sites is 1. The van der Waals surface area contributed by atoms with Crippen molar-refractivity contribution in [1.29, 1.82) is 0 Å². The summed E-state index contributed by atoms with van der Waals surface area (Å²) in [6, 6.07) is 15.9. The molecule has 3 nitrogen and oxygen atoms in total. The van der Waals surface area contributed by atoms with Gasteiger partial charge in [0.2, 0.25) is 0 Å². The number of aliphatic hydroxyl groups is 2. The zero-order valence-electron chi connectivity index (χ0n) is 10.5. The van der Waals surface area contributed by atoms with Gasteiger partial charge in [0.25, 0.3) is 0 Å². The molecule has 1 heterocycles. The Balaban J connectivity index is 2.42. The van der Waals surface area contributed by atoms with Crippen LogP contribution in [0.25, 0.3) is 21.7 Å². The molecule has 3 heteroatoms. The van der Waals surface area contributed by atoms with Gasteiger partial charge in [-0.1, -0.05) is 42.5 Å². The van der Waals surface area contributed by atoms with Crippen LogP contribution >= 0.6 is 0 Å². The van der Waals surface area contributed by atoms with E-state index >= 15 is 0 Å². The van der Waals surface area contributed by atoms with Crippen LogP contribution in [0.2, 0.25) is 0 Å². The van der Waals surface area contributed by atoms with Crippen molar-refractivity contribution in [3.05, 3.63) is 54.2 Å². The molecule has 0 aliphatic heterocycles. The second-order valence-corrected chi connectivity index (χ2v) is 4.62. The first kappa shape index (κ1) is 12.1. The lowest BCUT2D eigenvalue weighted by Crippen LogP contribution is -2.11. The average molecular weight is 253 g/mol. The van der Waals surface area contributed by atoms with Gasteiger partial charge in [-0.3, -0.25) is 4.98 Å². The number of fused-ring (bicyclic) bond motifs is 3. The molecule has 0 fully saturated rings. The number of aliphatic hydroxyl groups excluding tert-OH is 2. The van der Waals surface area contributed by atoms with Crippen molar-refractivity contribution >= 4 is 21.7 Å². The van der Waals surface area contributed by atoms with Gasteiger partial charge in [-0.05, 0) is 11.5 Å². The Morgan fingerprint density at radius 2 is 1.37 bits per heavy atom. The fourth-order valence-electron chi connectivity index (χ4n) is 2.47. The van der Waals surface area contributed by atoms with Crippen molar-refractivity contribution in [2.45, 2.75) is 5.92 Å². The molecule has 0 radical (unpaired) electrons. The number of hydrogen-bond donors (Lipinski definition) is 2. The number of rotatable bonds is 3. The lowest BCUT2D eigenvalue weighted by Gasteiger charge is -2.15. The minimum Gasteiger partial charge on any atom is -0.396 e. The molecule has 96 valence electrons. The van der Waals surface area contributed by atoms with Gasteiger partial charge >= 0.3 is 0 Å². The Kier molecular flexibility index (Phi) is 3.15. The molecule has 0 amide bonds. The largest absolute Gasteiger partial charge is 0.396 e. The molecule has 2 N–H and O–H groups in total. The fourth-order valence-corrected chi connectivity index (χ4v) is 2.47. The van der Waals surface area contributed by atoms with Crippen LogP contribution in [0.5, 0.6) is 0 Å². The fraction of sp³-hybridized carbons (Fsp3) is 0.188. The molecular weight excluding hydrogens is 238 g/mol. The highest BCUT2D eigenvalue weighted by Crippen LogP contribution is 2.29. The summed E-state index contributed by atoms with van der Waals surface area (Å²) >= 11 is 0. The van der Waals surface area contributed by atoms with Crippen molar-refractivity contribution in [1.82, 2.24) is 4.98 Å². The first-order chi connectivity index (χ1) is 9.35. The molecule has 0 atom stereocenters. The molecule has 3 rings (SSSR count). The van der Waals surface area contributed by atoms with E-state index in [1.165, 1.54) is 0 Å². The molecule has 0 saturated heterocycles. The number of aromatic nitrogens is 1. The molecule has 3 aromatic rings. The standard InChI is InChI=1S/C16H15NO2/c18-9-11(10-19)16-14-7-2-1-5-12(14)13-6-3-4-8-15(13)17-16/h1-8,11,18-19H,9-10H2. The maximum atomic E-state index is 9.41. The van der Waals surface area contributed by atoms with Crippen molar-refractivity contribution < 1.29 is 10.2 Å². The summed E-state index contributed by atoms with van der Waals surface area (Å²) in [7, 11) is 0. The van der Waals surface area contributed by atoms with Gasteiger partial charge in [-0.2, -0.15) is 0 Å². The molecule has 0 bridgehead atoms. The van der Waals surface area contributed by atoms with Crippen LogP contribution in [0.15, 0.2) is 48.5 Å². The normalized spacial score (nSPS) is 11.5. The topological polar surface area (TPSA) is 53.4 Å². The van der Waals surface area contributed by atoms with E-state index in [4.69, 9.17) is 0 Å². The third-order valence-corrected chi connectivity index (χ3v) is 3.47. The maximum absolute atomic E-state index is 9.41. The van der Waals surface area contributed by atoms with E-state index in [1.54, 1.807) is 0 Å². The van der Waals surface area contributed by atoms with E-state index < -0.39 is 0 Å². The van der Waals surface area contributed by atoms with Gasteiger partial charge in [0, 0.05) is 16.7 Å². The smallest absolute Gasteiger partial charge is 0.0711 e. The molecular formula is C16H15NO2. The van der Waals surface area contributed by atoms with Crippen molar-refractivity contribution in [3.63, 3.8) is 0 Å². The van der Waals surface area contributed by atoms with Crippen molar-refractivity contribution in [3.8, 4) is 0 Å². The van der Waals surface area contributed by atoms with Crippen LogP contribution in [-0.2, 0) is 0 Å². The summed E-state index contributed by atoms with van der Waals surface area (Å²) in [4.78, 5) is 4.63. The van der Waals surface area contributed by atoms with Gasteiger partial charge in [0.1, 0.15) is 0 Å². The average Bonchev–Trinajstić information content (AvgIpc) is 2.48. The SMILES string of the molecule is OCC(CO)c1nc2ccccc2c2ccccc12. The van der Waals surface area contributed by atoms with Gasteiger partial charge in [0.05, 0.1) is 24.4 Å². The molecule has 0 aliphatic carbocycles. The van der Waals surface area contributed by atoms with Gasteiger partial charge < -0.3 is 10.2 Å². The highest BCUT2D eigenvalue weighted by Gasteiger charge is 2.16. The molecule has 2 aromatic carbocycles. The summed E-state index contributed by atoms with van der Waals surface area (Å²) in [5.41, 5.74) is 1.66. The zero-order chi connectivity index (χ0) is 13.2. The summed E-state index contributed by atoms with van der Waals surface area (Å²) in [5, 5.41) is 22.0. The third-order valence-electron chi connectivity index (χ3n) is 3.47. The number of benzene rings is 2. The molecule has 1 aromatic heterocycles. The Morgan fingerprint density at radius 1 is 0.789 bits per heavy atom. The van der Waals surface area contributed by atoms with Crippen LogP contribution in [0.1, 0.15) is 11.6 Å². The molecule has 0 aliphatic rings. The van der Waals surface area contributed by atoms with Crippen LogP contribution in [0.4, 0.5) is 0 Å². The predicted octanol–water partition coefficient (Wildman–Crippen LogP) is 2.46. The second kappa shape index (κ2) is 4.96. The monoisotopic (exact) mass is 253 g/mol. The first-order valence-electron chi connectivity index (χ1n) is 6.34. The summed E-state index contributed by atoms with van der Waals surface area (Å²) in [5.74, 6) is -0.338. The van der Waals surface area contributed by atoms with E-state index in [2.05, 4.69) is 11.1 Å². The molecule has 19 heavy (non-hydrogen) atoms. The van der Waals surface area contributed by atoms with Crippen LogP contribution in [0, 0.1) is 0 Å². The van der Waals surface area contributed by atoms with Crippen LogP contribution < -0.4 is 0 Å². The summed E-state index contributed by atoms with van der Waals surface area (Å²) in [6.07, 6.45) is 0. The molecule has 0 unspecified atom stereocenters. The summed E-state index contributed by atoms with van der Waals surface area (Å²) < 4.78 is 0. The number of nitrogens with zero attached hydrogens (tertiary/aromatic N) is 1. The van der Waals surface area contributed by atoms with Gasteiger partial charge in [0.15, 0.2) is 0 Å².